The van der Waals surface area contributed by atoms with Crippen molar-refractivity contribution < 1.29 is 19.1 Å². The van der Waals surface area contributed by atoms with Crippen molar-refractivity contribution in [1.29, 1.82) is 0 Å². The Balaban J connectivity index is 1.58. The van der Waals surface area contributed by atoms with Gasteiger partial charge in [0.2, 0.25) is 5.91 Å². The van der Waals surface area contributed by atoms with Gasteiger partial charge >= 0.3 is 0 Å². The summed E-state index contributed by atoms with van der Waals surface area (Å²) in [5.74, 6) is -0.631. The van der Waals surface area contributed by atoms with E-state index in [1.165, 1.54) is 4.90 Å². The molecule has 186 valence electrons. The van der Waals surface area contributed by atoms with Crippen molar-refractivity contribution >= 4 is 40.5 Å². The fourth-order valence-electron chi connectivity index (χ4n) is 3.96. The lowest BCUT2D eigenvalue weighted by Gasteiger charge is -2.38. The first kappa shape index (κ1) is 24.8. The van der Waals surface area contributed by atoms with Gasteiger partial charge in [-0.25, -0.2) is 0 Å². The predicted molar refractivity (Wildman–Crippen MR) is 142 cm³/mol. The Morgan fingerprint density at radius 1 is 0.972 bits per heavy atom. The number of hydrogen-bond donors (Lipinski definition) is 2. The maximum absolute atomic E-state index is 13.2. The summed E-state index contributed by atoms with van der Waals surface area (Å²) in [6.07, 6.45) is 0. The van der Waals surface area contributed by atoms with E-state index in [1.54, 1.807) is 44.2 Å². The minimum Gasteiger partial charge on any atom is -0.476 e. The molecule has 1 heterocycles. The number of ether oxygens (including phenoxy) is 1. The third kappa shape index (κ3) is 5.17. The van der Waals surface area contributed by atoms with Gasteiger partial charge in [-0.2, -0.15) is 0 Å². The smallest absolute Gasteiger partial charge is 0.271 e. The fraction of sp³-hybridized carbons (Fsp3) is 0.250. The maximum Gasteiger partial charge on any atom is 0.271 e. The SMILES string of the molecule is Cc1ccccc1NC(=O)c1ccc2c(c1)N(CC(=O)Nc1ccc(N(C)C)cc1)C(=O)C(C)(C)O2. The van der Waals surface area contributed by atoms with Crippen molar-refractivity contribution in [2.75, 3.05) is 41.1 Å². The molecular weight excluding hydrogens is 456 g/mol. The molecule has 3 aromatic rings. The second-order valence-corrected chi connectivity index (χ2v) is 9.44. The Morgan fingerprint density at radius 2 is 1.67 bits per heavy atom. The average molecular weight is 487 g/mol. The van der Waals surface area contributed by atoms with Crippen LogP contribution in [0.3, 0.4) is 0 Å². The molecule has 0 unspecified atom stereocenters. The van der Waals surface area contributed by atoms with E-state index in [0.29, 0.717) is 28.4 Å². The van der Waals surface area contributed by atoms with Crippen LogP contribution in [0.4, 0.5) is 22.7 Å². The van der Waals surface area contributed by atoms with E-state index >= 15 is 0 Å². The first-order chi connectivity index (χ1) is 17.0. The van der Waals surface area contributed by atoms with Gasteiger partial charge in [0.25, 0.3) is 11.8 Å². The second kappa shape index (κ2) is 9.73. The Morgan fingerprint density at radius 3 is 2.33 bits per heavy atom. The van der Waals surface area contributed by atoms with Crippen molar-refractivity contribution in [2.24, 2.45) is 0 Å². The quantitative estimate of drug-likeness (QED) is 0.537. The normalized spacial score (nSPS) is 13.9. The minimum absolute atomic E-state index is 0.225. The summed E-state index contributed by atoms with van der Waals surface area (Å²) in [7, 11) is 3.87. The molecule has 0 bridgehead atoms. The van der Waals surface area contributed by atoms with Crippen LogP contribution >= 0.6 is 0 Å². The first-order valence-corrected chi connectivity index (χ1v) is 11.6. The van der Waals surface area contributed by atoms with Gasteiger partial charge < -0.3 is 20.3 Å². The van der Waals surface area contributed by atoms with Gasteiger partial charge in [0, 0.05) is 36.7 Å². The van der Waals surface area contributed by atoms with E-state index in [4.69, 9.17) is 4.74 Å². The lowest BCUT2D eigenvalue weighted by Crippen LogP contribution is -2.54. The summed E-state index contributed by atoms with van der Waals surface area (Å²) >= 11 is 0. The molecule has 8 nitrogen and oxygen atoms in total. The molecule has 3 aromatic carbocycles. The molecular formula is C28H30N4O4. The zero-order chi connectivity index (χ0) is 26.0. The van der Waals surface area contributed by atoms with E-state index in [1.807, 2.05) is 62.3 Å². The van der Waals surface area contributed by atoms with Crippen molar-refractivity contribution in [3.05, 3.63) is 77.9 Å². The largest absolute Gasteiger partial charge is 0.476 e. The number of para-hydroxylation sites is 1. The van der Waals surface area contributed by atoms with Crippen molar-refractivity contribution in [2.45, 2.75) is 26.4 Å². The maximum atomic E-state index is 13.2. The second-order valence-electron chi connectivity index (χ2n) is 9.44. The van der Waals surface area contributed by atoms with E-state index in [0.717, 1.165) is 11.3 Å². The third-order valence-corrected chi connectivity index (χ3v) is 6.00. The van der Waals surface area contributed by atoms with E-state index in [-0.39, 0.29) is 24.3 Å². The minimum atomic E-state index is -1.16. The van der Waals surface area contributed by atoms with E-state index < -0.39 is 5.60 Å². The molecule has 4 rings (SSSR count). The molecule has 0 radical (unpaired) electrons. The number of rotatable bonds is 6. The number of carbonyl (C=O) groups is 3. The fourth-order valence-corrected chi connectivity index (χ4v) is 3.96. The number of amides is 3. The van der Waals surface area contributed by atoms with Gasteiger partial charge in [0.15, 0.2) is 5.60 Å². The van der Waals surface area contributed by atoms with Crippen LogP contribution in [-0.4, -0.2) is 44.0 Å². The summed E-state index contributed by atoms with van der Waals surface area (Å²) in [6, 6.07) is 19.8. The molecule has 0 aromatic heterocycles. The monoisotopic (exact) mass is 486 g/mol. The summed E-state index contributed by atoms with van der Waals surface area (Å²) in [6.45, 7) is 4.99. The zero-order valence-corrected chi connectivity index (χ0v) is 21.1. The molecule has 3 amide bonds. The molecule has 2 N–H and O–H groups in total. The summed E-state index contributed by atoms with van der Waals surface area (Å²) in [5.41, 5.74) is 2.81. The van der Waals surface area contributed by atoms with Crippen LogP contribution in [0.1, 0.15) is 29.8 Å². The van der Waals surface area contributed by atoms with Crippen LogP contribution in [0.5, 0.6) is 5.75 Å². The highest BCUT2D eigenvalue weighted by atomic mass is 16.5. The van der Waals surface area contributed by atoms with Gasteiger partial charge in [-0.1, -0.05) is 18.2 Å². The Bertz CT molecular complexity index is 1320. The van der Waals surface area contributed by atoms with Crippen LogP contribution in [0.25, 0.3) is 0 Å². The van der Waals surface area contributed by atoms with Crippen LogP contribution < -0.4 is 25.2 Å². The number of nitrogens with one attached hydrogen (secondary N) is 2. The molecule has 0 fully saturated rings. The third-order valence-electron chi connectivity index (χ3n) is 6.00. The molecule has 0 saturated carbocycles. The molecule has 8 heteroatoms. The van der Waals surface area contributed by atoms with E-state index in [9.17, 15) is 14.4 Å². The number of aryl methyl sites for hydroxylation is 1. The lowest BCUT2D eigenvalue weighted by molar-refractivity contribution is -0.133. The number of carbonyl (C=O) groups excluding carboxylic acids is 3. The molecule has 36 heavy (non-hydrogen) atoms. The standard InChI is InChI=1S/C28H30N4O4/c1-18-8-6-7-9-22(18)30-26(34)19-10-15-24-23(16-19)32(27(35)28(2,3)36-24)17-25(33)29-20-11-13-21(14-12-20)31(4)5/h6-16H,17H2,1-5H3,(H,29,33)(H,30,34). The van der Waals surface area contributed by atoms with Crippen LogP contribution in [0.2, 0.25) is 0 Å². The summed E-state index contributed by atoms with van der Waals surface area (Å²) in [5, 5.41) is 5.73. The number of anilines is 4. The van der Waals surface area contributed by atoms with Gasteiger partial charge in [-0.05, 0) is 74.9 Å². The molecule has 0 saturated heterocycles. The van der Waals surface area contributed by atoms with Gasteiger partial charge in [0.05, 0.1) is 5.69 Å². The number of benzene rings is 3. The molecule has 0 atom stereocenters. The van der Waals surface area contributed by atoms with E-state index in [2.05, 4.69) is 10.6 Å². The molecule has 1 aliphatic rings. The lowest BCUT2D eigenvalue weighted by atomic mass is 10.0. The zero-order valence-electron chi connectivity index (χ0n) is 21.1. The van der Waals surface area contributed by atoms with Crippen LogP contribution in [-0.2, 0) is 9.59 Å². The van der Waals surface area contributed by atoms with Crippen LogP contribution in [0, 0.1) is 6.92 Å². The average Bonchev–Trinajstić information content (AvgIpc) is 2.83. The Labute approximate surface area is 210 Å². The number of hydrogen-bond acceptors (Lipinski definition) is 5. The van der Waals surface area contributed by atoms with Gasteiger partial charge in [0.1, 0.15) is 12.3 Å². The molecule has 0 aliphatic carbocycles. The van der Waals surface area contributed by atoms with Gasteiger partial charge in [-0.15, -0.1) is 0 Å². The highest BCUT2D eigenvalue weighted by Crippen LogP contribution is 2.38. The molecule has 1 aliphatic heterocycles. The van der Waals surface area contributed by atoms with Gasteiger partial charge in [-0.3, -0.25) is 19.3 Å². The Kier molecular flexibility index (Phi) is 6.70. The molecule has 0 spiro atoms. The number of nitrogens with zero attached hydrogens (tertiary/aromatic N) is 2. The predicted octanol–water partition coefficient (Wildman–Crippen LogP) is 4.46. The summed E-state index contributed by atoms with van der Waals surface area (Å²) in [4.78, 5) is 42.5. The van der Waals surface area contributed by atoms with Crippen molar-refractivity contribution in [3.8, 4) is 5.75 Å². The Hall–Kier alpha value is -4.33. The highest BCUT2D eigenvalue weighted by Gasteiger charge is 2.42. The van der Waals surface area contributed by atoms with Crippen molar-refractivity contribution in [1.82, 2.24) is 0 Å². The highest BCUT2D eigenvalue weighted by molar-refractivity contribution is 6.10. The summed E-state index contributed by atoms with van der Waals surface area (Å²) < 4.78 is 5.91. The topological polar surface area (TPSA) is 91.0 Å². The number of fused-ring (bicyclic) bond motifs is 1. The van der Waals surface area contributed by atoms with Crippen molar-refractivity contribution in [3.63, 3.8) is 0 Å². The first-order valence-electron chi connectivity index (χ1n) is 11.6. The van der Waals surface area contributed by atoms with Crippen LogP contribution in [0.15, 0.2) is 66.7 Å².